The van der Waals surface area contributed by atoms with E-state index >= 15 is 0 Å². The molecule has 2 aliphatic heterocycles. The maximum Gasteiger partial charge on any atom is 0.416 e. The molecule has 0 aliphatic carbocycles. The fourth-order valence-corrected chi connectivity index (χ4v) is 4.85. The lowest BCUT2D eigenvalue weighted by Crippen LogP contribution is -2.48. The predicted octanol–water partition coefficient (Wildman–Crippen LogP) is 5.54. The van der Waals surface area contributed by atoms with E-state index in [4.69, 9.17) is 4.74 Å². The highest BCUT2D eigenvalue weighted by molar-refractivity contribution is 5.84. The number of Topliss-reactive ketones (excluding diaryl/α,β-unsaturated/α-hetero) is 1. The zero-order valence-corrected chi connectivity index (χ0v) is 17.3. The maximum atomic E-state index is 13.6. The molecule has 2 aliphatic rings. The highest BCUT2D eigenvalue weighted by Crippen LogP contribution is 2.40. The van der Waals surface area contributed by atoms with Gasteiger partial charge in [0.15, 0.2) is 0 Å². The zero-order valence-electron chi connectivity index (χ0n) is 17.3. The first-order valence-corrected chi connectivity index (χ1v) is 10.6. The Bertz CT molecular complexity index is 978. The Labute approximate surface area is 183 Å². The van der Waals surface area contributed by atoms with Crippen LogP contribution in [0.25, 0.3) is 0 Å². The van der Waals surface area contributed by atoms with Crippen LogP contribution < -0.4 is 0 Å². The van der Waals surface area contributed by atoms with Crippen molar-refractivity contribution in [2.45, 2.75) is 57.0 Å². The summed E-state index contributed by atoms with van der Waals surface area (Å²) in [5.74, 6) is -1.62. The van der Waals surface area contributed by atoms with Crippen LogP contribution in [0.3, 0.4) is 0 Å². The number of fused-ring (bicyclic) bond motifs is 2. The van der Waals surface area contributed by atoms with Crippen LogP contribution in [-0.4, -0.2) is 28.9 Å². The van der Waals surface area contributed by atoms with Crippen LogP contribution in [0.2, 0.25) is 0 Å². The van der Waals surface area contributed by atoms with Crippen molar-refractivity contribution < 1.29 is 31.9 Å². The summed E-state index contributed by atoms with van der Waals surface area (Å²) in [6.45, 7) is 0.151. The predicted molar refractivity (Wildman–Crippen MR) is 108 cm³/mol. The van der Waals surface area contributed by atoms with Crippen molar-refractivity contribution in [3.05, 3.63) is 71.0 Å². The highest BCUT2D eigenvalue weighted by atomic mass is 19.4. The number of carbonyl (C=O) groups is 2. The van der Waals surface area contributed by atoms with Crippen molar-refractivity contribution >= 4 is 11.9 Å². The molecule has 0 radical (unpaired) electrons. The zero-order chi connectivity index (χ0) is 22.9. The first-order valence-electron chi connectivity index (χ1n) is 10.6. The quantitative estimate of drug-likeness (QED) is 0.564. The first-order chi connectivity index (χ1) is 15.2. The van der Waals surface area contributed by atoms with Crippen LogP contribution in [0.5, 0.6) is 0 Å². The Morgan fingerprint density at radius 1 is 1.00 bits per heavy atom. The molecule has 4 rings (SSSR count). The Hall–Kier alpha value is -2.90. The van der Waals surface area contributed by atoms with Gasteiger partial charge in [-0.2, -0.15) is 13.2 Å². The van der Waals surface area contributed by atoms with Crippen LogP contribution in [0, 0.1) is 11.7 Å². The van der Waals surface area contributed by atoms with Gasteiger partial charge < -0.3 is 9.64 Å². The van der Waals surface area contributed by atoms with Gasteiger partial charge in [0.05, 0.1) is 5.56 Å². The fourth-order valence-electron chi connectivity index (χ4n) is 4.85. The maximum absolute atomic E-state index is 13.6. The van der Waals surface area contributed by atoms with Crippen LogP contribution >= 0.6 is 0 Å². The van der Waals surface area contributed by atoms with Gasteiger partial charge in [-0.3, -0.25) is 4.79 Å². The van der Waals surface area contributed by atoms with E-state index in [0.29, 0.717) is 18.9 Å². The van der Waals surface area contributed by atoms with Gasteiger partial charge in [0.25, 0.3) is 0 Å². The molecule has 2 aromatic rings. The molecule has 2 fully saturated rings. The molecule has 2 bridgehead atoms. The molecular weight excluding hydrogens is 426 g/mol. The molecule has 0 N–H and O–H groups in total. The number of piperidine rings is 1. The van der Waals surface area contributed by atoms with Gasteiger partial charge in [0.2, 0.25) is 0 Å². The molecule has 0 aromatic heterocycles. The second kappa shape index (κ2) is 8.92. The van der Waals surface area contributed by atoms with Crippen LogP contribution in [-0.2, 0) is 28.7 Å². The smallest absolute Gasteiger partial charge is 0.416 e. The summed E-state index contributed by atoms with van der Waals surface area (Å²) in [5, 5.41) is 0. The van der Waals surface area contributed by atoms with E-state index in [1.807, 2.05) is 30.3 Å². The summed E-state index contributed by atoms with van der Waals surface area (Å²) in [4.78, 5) is 27.2. The Morgan fingerprint density at radius 3 is 2.28 bits per heavy atom. The van der Waals surface area contributed by atoms with E-state index in [2.05, 4.69) is 0 Å². The number of nitrogens with zero attached hydrogens (tertiary/aromatic N) is 1. The third-order valence-corrected chi connectivity index (χ3v) is 6.34. The Morgan fingerprint density at radius 2 is 1.66 bits per heavy atom. The molecule has 2 saturated heterocycles. The van der Waals surface area contributed by atoms with E-state index in [1.54, 1.807) is 4.90 Å². The molecule has 1 amide bonds. The number of alkyl halides is 3. The Kier molecular flexibility index (Phi) is 6.22. The summed E-state index contributed by atoms with van der Waals surface area (Å²) in [5.41, 5.74) is -0.467. The number of carbonyl (C=O) groups excluding carboxylic acids is 2. The number of hydrogen-bond donors (Lipinski definition) is 0. The minimum atomic E-state index is -4.66. The van der Waals surface area contributed by atoms with E-state index < -0.39 is 36.0 Å². The van der Waals surface area contributed by atoms with Gasteiger partial charge in [-0.25, -0.2) is 9.18 Å². The van der Waals surface area contributed by atoms with Crippen molar-refractivity contribution in [2.24, 2.45) is 5.92 Å². The monoisotopic (exact) mass is 449 g/mol. The second-order valence-electron chi connectivity index (χ2n) is 8.44. The van der Waals surface area contributed by atoms with Crippen LogP contribution in [0.15, 0.2) is 48.5 Å². The lowest BCUT2D eigenvalue weighted by atomic mass is 9.84. The van der Waals surface area contributed by atoms with Gasteiger partial charge >= 0.3 is 12.3 Å². The Balaban J connectivity index is 1.40. The minimum Gasteiger partial charge on any atom is -0.445 e. The molecule has 2 heterocycles. The average Bonchev–Trinajstić information content (AvgIpc) is 3.01. The number of ether oxygens (including phenoxy) is 1. The minimum absolute atomic E-state index is 0.151. The standard InChI is InChI=1S/C24H23F4NO3/c25-18-6-9-21(24(26,27)28)16(10-18)13-22(30)17-11-19-7-8-20(12-17)29(19)23(31)32-14-15-4-2-1-3-5-15/h1-6,9-10,17,19-20H,7-8,11-14H2. The lowest BCUT2D eigenvalue weighted by Gasteiger charge is -2.37. The van der Waals surface area contributed by atoms with E-state index in [-0.39, 0.29) is 30.0 Å². The molecule has 170 valence electrons. The molecule has 8 heteroatoms. The number of rotatable bonds is 5. The summed E-state index contributed by atoms with van der Waals surface area (Å²) in [6.07, 6.45) is -3.36. The third-order valence-electron chi connectivity index (χ3n) is 6.34. The van der Waals surface area contributed by atoms with Crippen molar-refractivity contribution in [2.75, 3.05) is 0 Å². The number of amides is 1. The summed E-state index contributed by atoms with van der Waals surface area (Å²) >= 11 is 0. The van der Waals surface area contributed by atoms with Gasteiger partial charge in [0, 0.05) is 24.4 Å². The summed E-state index contributed by atoms with van der Waals surface area (Å²) < 4.78 is 58.8. The van der Waals surface area contributed by atoms with Crippen molar-refractivity contribution in [3.8, 4) is 0 Å². The van der Waals surface area contributed by atoms with Crippen LogP contribution in [0.4, 0.5) is 22.4 Å². The number of benzene rings is 2. The van der Waals surface area contributed by atoms with Crippen molar-refractivity contribution in [3.63, 3.8) is 0 Å². The fraction of sp³-hybridized carbons (Fsp3) is 0.417. The number of hydrogen-bond acceptors (Lipinski definition) is 3. The number of halogens is 4. The normalized spacial score (nSPS) is 22.6. The molecule has 2 aromatic carbocycles. The van der Waals surface area contributed by atoms with Gasteiger partial charge in [-0.05, 0) is 55.0 Å². The average molecular weight is 449 g/mol. The topological polar surface area (TPSA) is 46.6 Å². The van der Waals surface area contributed by atoms with Crippen molar-refractivity contribution in [1.29, 1.82) is 0 Å². The first kappa shape index (κ1) is 22.3. The van der Waals surface area contributed by atoms with Gasteiger partial charge in [-0.1, -0.05) is 30.3 Å². The molecule has 32 heavy (non-hydrogen) atoms. The second-order valence-corrected chi connectivity index (χ2v) is 8.44. The van der Waals surface area contributed by atoms with Gasteiger partial charge in [-0.15, -0.1) is 0 Å². The van der Waals surface area contributed by atoms with Gasteiger partial charge in [0.1, 0.15) is 18.2 Å². The molecular formula is C24H23F4NO3. The SMILES string of the molecule is O=C(Cc1cc(F)ccc1C(F)(F)F)C1CC2CCC(C1)N2C(=O)OCc1ccccc1. The number of ketones is 1. The van der Waals surface area contributed by atoms with E-state index in [0.717, 1.165) is 30.5 Å². The van der Waals surface area contributed by atoms with E-state index in [1.165, 1.54) is 0 Å². The van der Waals surface area contributed by atoms with Crippen molar-refractivity contribution in [1.82, 2.24) is 4.90 Å². The molecule has 4 nitrogen and oxygen atoms in total. The lowest BCUT2D eigenvalue weighted by molar-refractivity contribution is -0.138. The largest absolute Gasteiger partial charge is 0.445 e. The van der Waals surface area contributed by atoms with E-state index in [9.17, 15) is 27.2 Å². The molecule has 2 unspecified atom stereocenters. The molecule has 0 saturated carbocycles. The highest BCUT2D eigenvalue weighted by Gasteiger charge is 2.46. The molecule has 0 spiro atoms. The third kappa shape index (κ3) is 4.79. The summed E-state index contributed by atoms with van der Waals surface area (Å²) in [6, 6.07) is 11.1. The van der Waals surface area contributed by atoms with Crippen LogP contribution in [0.1, 0.15) is 42.4 Å². The summed E-state index contributed by atoms with van der Waals surface area (Å²) in [7, 11) is 0. The molecule has 2 atom stereocenters.